The molecule has 1 aromatic carbocycles. The maximum Gasteiger partial charge on any atom is 0.274 e. The van der Waals surface area contributed by atoms with Gasteiger partial charge in [-0.1, -0.05) is 6.42 Å². The summed E-state index contributed by atoms with van der Waals surface area (Å²) in [5, 5.41) is 2.79. The molecule has 2 fully saturated rings. The number of carbonyl (C=O) groups is 1. The Hall–Kier alpha value is -3.50. The van der Waals surface area contributed by atoms with E-state index in [1.54, 1.807) is 17.3 Å². The minimum absolute atomic E-state index is 0.0937. The van der Waals surface area contributed by atoms with E-state index in [1.165, 1.54) is 6.07 Å². The van der Waals surface area contributed by atoms with Gasteiger partial charge in [0, 0.05) is 31.0 Å². The molecule has 3 heterocycles. The molecule has 3 N–H and O–H groups in total. The van der Waals surface area contributed by atoms with Crippen LogP contribution in [-0.4, -0.2) is 48.2 Å². The molecular formula is C27H28F3N5O2. The number of pyridine rings is 2. The van der Waals surface area contributed by atoms with Gasteiger partial charge >= 0.3 is 0 Å². The van der Waals surface area contributed by atoms with E-state index >= 15 is 8.78 Å². The number of nitrogens with zero attached hydrogens (tertiary/aromatic N) is 3. The Morgan fingerprint density at radius 3 is 2.54 bits per heavy atom. The van der Waals surface area contributed by atoms with Gasteiger partial charge in [0.15, 0.2) is 0 Å². The Morgan fingerprint density at radius 1 is 1.05 bits per heavy atom. The van der Waals surface area contributed by atoms with Crippen molar-refractivity contribution in [3.05, 3.63) is 71.4 Å². The maximum absolute atomic E-state index is 15.1. The lowest BCUT2D eigenvalue weighted by Crippen LogP contribution is -2.36. The van der Waals surface area contributed by atoms with Crippen LogP contribution in [0.5, 0.6) is 0 Å². The van der Waals surface area contributed by atoms with Crippen molar-refractivity contribution in [2.45, 2.75) is 37.6 Å². The topological polar surface area (TPSA) is 93.4 Å². The number of hydrogen-bond acceptors (Lipinski definition) is 6. The molecular weight excluding hydrogens is 483 g/mol. The molecule has 2 aromatic heterocycles. The second-order valence-corrected chi connectivity index (χ2v) is 9.45. The molecule has 0 bridgehead atoms. The summed E-state index contributed by atoms with van der Waals surface area (Å²) in [4.78, 5) is 23.0. The van der Waals surface area contributed by atoms with E-state index < -0.39 is 34.6 Å². The molecule has 5 rings (SSSR count). The van der Waals surface area contributed by atoms with Gasteiger partial charge in [0.1, 0.15) is 28.8 Å². The highest BCUT2D eigenvalue weighted by Crippen LogP contribution is 2.36. The first-order valence-corrected chi connectivity index (χ1v) is 12.4. The van der Waals surface area contributed by atoms with Crippen LogP contribution in [-0.2, 0) is 4.74 Å². The summed E-state index contributed by atoms with van der Waals surface area (Å²) in [6.45, 7) is 1.88. The van der Waals surface area contributed by atoms with Crippen LogP contribution in [0.2, 0.25) is 0 Å². The Bertz CT molecular complexity index is 1280. The van der Waals surface area contributed by atoms with E-state index in [0.29, 0.717) is 37.7 Å². The average molecular weight is 512 g/mol. The van der Waals surface area contributed by atoms with Crippen LogP contribution in [0.1, 0.15) is 47.7 Å². The molecule has 1 saturated carbocycles. The number of hydrogen-bond donors (Lipinski definition) is 2. The van der Waals surface area contributed by atoms with Gasteiger partial charge in [-0.25, -0.2) is 18.2 Å². The Balaban J connectivity index is 1.42. The number of aromatic nitrogens is 2. The largest absolute Gasteiger partial charge is 0.378 e. The molecule has 3 aromatic rings. The lowest BCUT2D eigenvalue weighted by molar-refractivity contribution is 0.102. The highest BCUT2D eigenvalue weighted by Gasteiger charge is 2.25. The van der Waals surface area contributed by atoms with Crippen LogP contribution in [0.3, 0.4) is 0 Å². The van der Waals surface area contributed by atoms with Gasteiger partial charge in [0.05, 0.1) is 30.7 Å². The normalized spacial score (nSPS) is 20.1. The van der Waals surface area contributed by atoms with Crippen LogP contribution < -0.4 is 16.0 Å². The number of nitrogens with two attached hydrogens (primary N) is 1. The van der Waals surface area contributed by atoms with Crippen molar-refractivity contribution in [2.75, 3.05) is 36.5 Å². The minimum Gasteiger partial charge on any atom is -0.378 e. The Labute approximate surface area is 212 Å². The zero-order valence-corrected chi connectivity index (χ0v) is 20.2. The van der Waals surface area contributed by atoms with E-state index in [-0.39, 0.29) is 17.7 Å². The third kappa shape index (κ3) is 5.45. The summed E-state index contributed by atoms with van der Waals surface area (Å²) in [5.41, 5.74) is 6.54. The predicted octanol–water partition coefficient (Wildman–Crippen LogP) is 4.63. The van der Waals surface area contributed by atoms with Gasteiger partial charge < -0.3 is 20.7 Å². The maximum atomic E-state index is 15.1. The van der Waals surface area contributed by atoms with Crippen LogP contribution in [0.15, 0.2) is 42.7 Å². The Morgan fingerprint density at radius 2 is 1.81 bits per heavy atom. The molecule has 2 aliphatic rings. The third-order valence-electron chi connectivity index (χ3n) is 6.98. The molecule has 1 aliphatic heterocycles. The van der Waals surface area contributed by atoms with E-state index in [4.69, 9.17) is 10.5 Å². The molecule has 37 heavy (non-hydrogen) atoms. The molecule has 0 radical (unpaired) electrons. The number of amides is 1. The van der Waals surface area contributed by atoms with Crippen LogP contribution in [0.25, 0.3) is 11.3 Å². The summed E-state index contributed by atoms with van der Waals surface area (Å²) in [7, 11) is 0. The van der Waals surface area contributed by atoms with Gasteiger partial charge in [-0.3, -0.25) is 9.78 Å². The van der Waals surface area contributed by atoms with Crippen molar-refractivity contribution in [2.24, 2.45) is 5.73 Å². The molecule has 194 valence electrons. The molecule has 1 aliphatic carbocycles. The molecule has 2 unspecified atom stereocenters. The van der Waals surface area contributed by atoms with Gasteiger partial charge in [-0.05, 0) is 61.1 Å². The minimum atomic E-state index is -0.964. The van der Waals surface area contributed by atoms with Crippen molar-refractivity contribution in [3.8, 4) is 11.3 Å². The third-order valence-corrected chi connectivity index (χ3v) is 6.98. The van der Waals surface area contributed by atoms with Crippen molar-refractivity contribution in [1.29, 1.82) is 0 Å². The fourth-order valence-corrected chi connectivity index (χ4v) is 5.10. The number of rotatable bonds is 5. The van der Waals surface area contributed by atoms with Crippen LogP contribution >= 0.6 is 0 Å². The van der Waals surface area contributed by atoms with Crippen LogP contribution in [0.4, 0.5) is 24.5 Å². The molecule has 1 saturated heterocycles. The summed E-state index contributed by atoms with van der Waals surface area (Å²) >= 11 is 0. The standard InChI is InChI=1S/C27H28F3N5O2/c28-20-4-5-23(27(36)34-24-15-32-7-6-19(24)16-2-1-3-17(31)12-16)33-26(20)25-21(29)13-18(14-22(25)30)35-8-10-37-11-9-35/h4-7,13-17H,1-3,8-12,31H2,(H,34,36). The smallest absolute Gasteiger partial charge is 0.274 e. The van der Waals surface area contributed by atoms with Gasteiger partial charge in [0.25, 0.3) is 5.91 Å². The summed E-state index contributed by atoms with van der Waals surface area (Å²) in [6, 6.07) is 6.40. The van der Waals surface area contributed by atoms with Gasteiger partial charge in [0.2, 0.25) is 0 Å². The van der Waals surface area contributed by atoms with E-state index in [9.17, 15) is 9.18 Å². The van der Waals surface area contributed by atoms with E-state index in [0.717, 1.165) is 49.4 Å². The lowest BCUT2D eigenvalue weighted by Gasteiger charge is -2.29. The van der Waals surface area contributed by atoms with Crippen molar-refractivity contribution in [3.63, 3.8) is 0 Å². The van der Waals surface area contributed by atoms with E-state index in [2.05, 4.69) is 15.3 Å². The molecule has 2 atom stereocenters. The van der Waals surface area contributed by atoms with Crippen molar-refractivity contribution >= 4 is 17.3 Å². The first kappa shape index (κ1) is 25.2. The highest BCUT2D eigenvalue weighted by molar-refractivity contribution is 6.03. The highest BCUT2D eigenvalue weighted by atomic mass is 19.1. The molecule has 0 spiro atoms. The fourth-order valence-electron chi connectivity index (χ4n) is 5.10. The van der Waals surface area contributed by atoms with Crippen molar-refractivity contribution in [1.82, 2.24) is 9.97 Å². The number of nitrogens with one attached hydrogen (secondary N) is 1. The quantitative estimate of drug-likeness (QED) is 0.519. The summed E-state index contributed by atoms with van der Waals surface area (Å²) < 4.78 is 50.2. The molecule has 10 heteroatoms. The predicted molar refractivity (Wildman–Crippen MR) is 134 cm³/mol. The summed E-state index contributed by atoms with van der Waals surface area (Å²) in [6.07, 6.45) is 6.90. The number of ether oxygens (including phenoxy) is 1. The number of anilines is 2. The first-order valence-electron chi connectivity index (χ1n) is 12.4. The van der Waals surface area contributed by atoms with Crippen LogP contribution in [0, 0.1) is 17.5 Å². The number of carbonyl (C=O) groups excluding carboxylic acids is 1. The molecule has 1 amide bonds. The fraction of sp³-hybridized carbons (Fsp3) is 0.370. The van der Waals surface area contributed by atoms with Crippen molar-refractivity contribution < 1.29 is 22.7 Å². The summed E-state index contributed by atoms with van der Waals surface area (Å²) in [5.74, 6) is -3.33. The lowest BCUT2D eigenvalue weighted by atomic mass is 9.81. The number of benzene rings is 1. The Kier molecular flexibility index (Phi) is 7.38. The zero-order valence-electron chi connectivity index (χ0n) is 20.2. The monoisotopic (exact) mass is 511 g/mol. The second-order valence-electron chi connectivity index (χ2n) is 9.45. The number of halogens is 3. The molecule has 7 nitrogen and oxygen atoms in total. The average Bonchev–Trinajstić information content (AvgIpc) is 2.90. The zero-order chi connectivity index (χ0) is 25.9. The second kappa shape index (κ2) is 10.9. The first-order chi connectivity index (χ1) is 17.9. The SMILES string of the molecule is NC1CCCC(c2ccncc2NC(=O)c2ccc(F)c(-c3c(F)cc(N4CCOCC4)cc3F)n2)C1. The number of morpholine rings is 1. The van der Waals surface area contributed by atoms with Gasteiger partial charge in [-0.2, -0.15) is 0 Å². The van der Waals surface area contributed by atoms with E-state index in [1.807, 2.05) is 6.07 Å². The van der Waals surface area contributed by atoms with Gasteiger partial charge in [-0.15, -0.1) is 0 Å².